The number of hydrogen-bond donors (Lipinski definition) is 1. The van der Waals surface area contributed by atoms with Gasteiger partial charge in [0.25, 0.3) is 15.0 Å². The third kappa shape index (κ3) is 4.11. The monoisotopic (exact) mass is 335 g/mol. The summed E-state index contributed by atoms with van der Waals surface area (Å²) in [5.41, 5.74) is 0.199. The zero-order valence-corrected chi connectivity index (χ0v) is 13.1. The van der Waals surface area contributed by atoms with Gasteiger partial charge in [-0.15, -0.1) is 0 Å². The highest BCUT2D eigenvalue weighted by Gasteiger charge is 2.18. The van der Waals surface area contributed by atoms with Crippen LogP contribution in [0.3, 0.4) is 0 Å². The lowest BCUT2D eigenvalue weighted by atomic mass is 9.83. The Kier molecular flexibility index (Phi) is 4.94. The lowest BCUT2D eigenvalue weighted by Gasteiger charge is -2.25. The summed E-state index contributed by atoms with van der Waals surface area (Å²) in [7, 11) is 1.36. The van der Waals surface area contributed by atoms with Crippen LogP contribution in [0.2, 0.25) is 5.02 Å². The van der Waals surface area contributed by atoms with Crippen LogP contribution in [0.15, 0.2) is 23.1 Å². The zero-order valence-electron chi connectivity index (χ0n) is 10.7. The van der Waals surface area contributed by atoms with E-state index in [1.54, 1.807) is 0 Å². The van der Waals surface area contributed by atoms with E-state index >= 15 is 0 Å². The average Bonchev–Trinajstić information content (AvgIpc) is 2.30. The second-order valence-corrected chi connectivity index (χ2v) is 7.96. The van der Waals surface area contributed by atoms with E-state index in [0.29, 0.717) is 12.5 Å². The van der Waals surface area contributed by atoms with Crippen molar-refractivity contribution in [3.8, 4) is 0 Å². The van der Waals surface area contributed by atoms with Gasteiger partial charge < -0.3 is 5.32 Å². The highest BCUT2D eigenvalue weighted by molar-refractivity contribution is 8.13. The van der Waals surface area contributed by atoms with Gasteiger partial charge in [-0.05, 0) is 30.5 Å². The summed E-state index contributed by atoms with van der Waals surface area (Å²) in [6.45, 7) is 0.582. The molecule has 0 unspecified atom stereocenters. The van der Waals surface area contributed by atoms with Crippen LogP contribution >= 0.6 is 22.3 Å². The zero-order chi connectivity index (χ0) is 14.8. The normalized spacial score (nSPS) is 15.7. The van der Waals surface area contributed by atoms with Crippen LogP contribution in [-0.4, -0.2) is 20.9 Å². The maximum atomic E-state index is 12.0. The standard InChI is InChI=1S/C13H15Cl2NO3S/c14-11-6-10(7-12(8-11)20(15,18)19)13(17)16-5-4-9-2-1-3-9/h6-9H,1-5H2,(H,16,17). The summed E-state index contributed by atoms with van der Waals surface area (Å²) in [5, 5.41) is 2.93. The van der Waals surface area contributed by atoms with Crippen LogP contribution in [-0.2, 0) is 9.05 Å². The number of nitrogens with one attached hydrogen (secondary N) is 1. The molecule has 0 atom stereocenters. The van der Waals surface area contributed by atoms with Crippen LogP contribution in [0.25, 0.3) is 0 Å². The van der Waals surface area contributed by atoms with E-state index in [4.69, 9.17) is 22.3 Å². The summed E-state index contributed by atoms with van der Waals surface area (Å²) in [6, 6.07) is 3.87. The molecule has 1 aromatic rings. The van der Waals surface area contributed by atoms with E-state index in [0.717, 1.165) is 6.42 Å². The lowest BCUT2D eigenvalue weighted by molar-refractivity contribution is 0.0948. The van der Waals surface area contributed by atoms with Gasteiger partial charge in [-0.2, -0.15) is 0 Å². The van der Waals surface area contributed by atoms with Crippen molar-refractivity contribution in [1.29, 1.82) is 0 Å². The molecule has 1 amide bonds. The molecule has 0 aromatic heterocycles. The molecule has 0 heterocycles. The molecule has 1 aliphatic rings. The Morgan fingerprint density at radius 3 is 2.55 bits per heavy atom. The molecule has 2 rings (SSSR count). The Morgan fingerprint density at radius 2 is 2.00 bits per heavy atom. The van der Waals surface area contributed by atoms with E-state index in [9.17, 15) is 13.2 Å². The summed E-state index contributed by atoms with van der Waals surface area (Å²) < 4.78 is 22.6. The minimum absolute atomic E-state index is 0.163. The average molecular weight is 336 g/mol. The fraction of sp³-hybridized carbons (Fsp3) is 0.462. The molecule has 1 saturated carbocycles. The molecule has 1 fully saturated rings. The highest BCUT2D eigenvalue weighted by Crippen LogP contribution is 2.28. The molecular weight excluding hydrogens is 321 g/mol. The van der Waals surface area contributed by atoms with Gasteiger partial charge in [-0.3, -0.25) is 4.79 Å². The second-order valence-electron chi connectivity index (χ2n) is 4.95. The van der Waals surface area contributed by atoms with Crippen molar-refractivity contribution in [2.75, 3.05) is 6.54 Å². The number of carbonyl (C=O) groups is 1. The van der Waals surface area contributed by atoms with Gasteiger partial charge in [-0.1, -0.05) is 30.9 Å². The maximum absolute atomic E-state index is 12.0. The predicted octanol–water partition coefficient (Wildman–Crippen LogP) is 3.19. The largest absolute Gasteiger partial charge is 0.352 e. The molecule has 0 aliphatic heterocycles. The van der Waals surface area contributed by atoms with Crippen molar-refractivity contribution in [3.63, 3.8) is 0 Å². The van der Waals surface area contributed by atoms with Gasteiger partial charge in [0.1, 0.15) is 0 Å². The van der Waals surface area contributed by atoms with Crippen LogP contribution in [0.4, 0.5) is 0 Å². The SMILES string of the molecule is O=C(NCCC1CCC1)c1cc(Cl)cc(S(=O)(=O)Cl)c1. The Balaban J connectivity index is 2.03. The predicted molar refractivity (Wildman–Crippen MR) is 78.8 cm³/mol. The van der Waals surface area contributed by atoms with E-state index < -0.39 is 9.05 Å². The number of amides is 1. The van der Waals surface area contributed by atoms with Gasteiger partial charge in [0, 0.05) is 27.8 Å². The fourth-order valence-electron chi connectivity index (χ4n) is 2.11. The van der Waals surface area contributed by atoms with Gasteiger partial charge in [0.15, 0.2) is 0 Å². The molecule has 0 radical (unpaired) electrons. The summed E-state index contributed by atoms with van der Waals surface area (Å²) in [6.07, 6.45) is 4.67. The first-order valence-corrected chi connectivity index (χ1v) is 9.08. The van der Waals surface area contributed by atoms with Crippen molar-refractivity contribution in [3.05, 3.63) is 28.8 Å². The van der Waals surface area contributed by atoms with Crippen LogP contribution in [0.5, 0.6) is 0 Å². The molecule has 1 aliphatic carbocycles. The molecule has 7 heteroatoms. The minimum Gasteiger partial charge on any atom is -0.352 e. The van der Waals surface area contributed by atoms with Crippen molar-refractivity contribution in [1.82, 2.24) is 5.32 Å². The van der Waals surface area contributed by atoms with Gasteiger partial charge in [0.2, 0.25) is 0 Å². The number of hydrogen-bond acceptors (Lipinski definition) is 3. The Labute approximate surface area is 127 Å². The Bertz CT molecular complexity index is 612. The lowest BCUT2D eigenvalue weighted by Crippen LogP contribution is -2.27. The molecule has 0 saturated heterocycles. The van der Waals surface area contributed by atoms with Crippen LogP contribution in [0.1, 0.15) is 36.0 Å². The molecule has 0 spiro atoms. The number of carbonyl (C=O) groups excluding carboxylic acids is 1. The van der Waals surface area contributed by atoms with E-state index in [-0.39, 0.29) is 21.4 Å². The van der Waals surface area contributed by atoms with Gasteiger partial charge in [-0.25, -0.2) is 8.42 Å². The number of rotatable bonds is 5. The molecule has 110 valence electrons. The fourth-order valence-corrected chi connectivity index (χ4v) is 3.21. The smallest absolute Gasteiger partial charge is 0.261 e. The maximum Gasteiger partial charge on any atom is 0.261 e. The summed E-state index contributed by atoms with van der Waals surface area (Å²) in [4.78, 5) is 11.8. The summed E-state index contributed by atoms with van der Waals surface area (Å²) in [5.74, 6) is 0.363. The molecular formula is C13H15Cl2NO3S. The van der Waals surface area contributed by atoms with Crippen LogP contribution < -0.4 is 5.32 Å². The number of halogens is 2. The Hall–Kier alpha value is -0.780. The molecule has 4 nitrogen and oxygen atoms in total. The number of benzene rings is 1. The summed E-state index contributed by atoms with van der Waals surface area (Å²) >= 11 is 5.81. The molecule has 1 N–H and O–H groups in total. The first kappa shape index (κ1) is 15.6. The van der Waals surface area contributed by atoms with Crippen molar-refractivity contribution >= 4 is 37.2 Å². The third-order valence-corrected chi connectivity index (χ3v) is 5.03. The molecule has 0 bridgehead atoms. The topological polar surface area (TPSA) is 63.2 Å². The van der Waals surface area contributed by atoms with Crippen molar-refractivity contribution < 1.29 is 13.2 Å². The van der Waals surface area contributed by atoms with E-state index in [1.165, 1.54) is 37.5 Å². The Morgan fingerprint density at radius 1 is 1.30 bits per heavy atom. The first-order valence-electron chi connectivity index (χ1n) is 6.40. The molecule has 20 heavy (non-hydrogen) atoms. The van der Waals surface area contributed by atoms with Crippen molar-refractivity contribution in [2.24, 2.45) is 5.92 Å². The van der Waals surface area contributed by atoms with Gasteiger partial charge in [0.05, 0.1) is 4.90 Å². The van der Waals surface area contributed by atoms with E-state index in [1.807, 2.05) is 0 Å². The van der Waals surface area contributed by atoms with Crippen molar-refractivity contribution in [2.45, 2.75) is 30.6 Å². The second kappa shape index (κ2) is 6.33. The van der Waals surface area contributed by atoms with E-state index in [2.05, 4.69) is 5.32 Å². The molecule has 1 aromatic carbocycles. The van der Waals surface area contributed by atoms with Crippen LogP contribution in [0, 0.1) is 5.92 Å². The highest BCUT2D eigenvalue weighted by atomic mass is 35.7. The first-order chi connectivity index (χ1) is 9.36. The minimum atomic E-state index is -3.90. The third-order valence-electron chi connectivity index (χ3n) is 3.48. The quantitative estimate of drug-likeness (QED) is 0.840. The van der Waals surface area contributed by atoms with Gasteiger partial charge >= 0.3 is 0 Å².